The summed E-state index contributed by atoms with van der Waals surface area (Å²) in [6.45, 7) is 9.36. The maximum atomic E-state index is 10.4. The first-order valence-electron chi connectivity index (χ1n) is 6.71. The second-order valence-electron chi connectivity index (χ2n) is 5.95. The Morgan fingerprint density at radius 3 is 2.33 bits per heavy atom. The summed E-state index contributed by atoms with van der Waals surface area (Å²) in [6, 6.07) is 8.93. The molecule has 18 heavy (non-hydrogen) atoms. The van der Waals surface area contributed by atoms with Crippen LogP contribution in [0.4, 0.5) is 0 Å². The molecule has 1 heterocycles. The van der Waals surface area contributed by atoms with E-state index in [2.05, 4.69) is 48.3 Å². The van der Waals surface area contributed by atoms with Crippen LogP contribution in [0.1, 0.15) is 31.9 Å². The average Bonchev–Trinajstić information content (AvgIpc) is 2.67. The lowest BCUT2D eigenvalue weighted by Crippen LogP contribution is -2.47. The molecule has 1 unspecified atom stereocenters. The summed E-state index contributed by atoms with van der Waals surface area (Å²) < 4.78 is 0. The van der Waals surface area contributed by atoms with Crippen LogP contribution < -0.4 is 5.32 Å². The van der Waals surface area contributed by atoms with Crippen molar-refractivity contribution in [2.45, 2.75) is 45.5 Å². The molecule has 0 spiro atoms. The van der Waals surface area contributed by atoms with Gasteiger partial charge in [-0.15, -0.1) is 0 Å². The molecule has 1 aromatic carbocycles. The Balaban J connectivity index is 1.88. The van der Waals surface area contributed by atoms with Gasteiger partial charge in [-0.2, -0.15) is 0 Å². The minimum atomic E-state index is -0.674. The third-order valence-electron chi connectivity index (χ3n) is 3.36. The number of nitrogens with zero attached hydrogens (tertiary/aromatic N) is 1. The van der Waals surface area contributed by atoms with Crippen LogP contribution in [0.15, 0.2) is 24.3 Å². The fourth-order valence-electron chi connectivity index (χ4n) is 2.48. The number of benzene rings is 1. The van der Waals surface area contributed by atoms with Crippen LogP contribution in [0.3, 0.4) is 0 Å². The minimum Gasteiger partial charge on any atom is -0.388 e. The second-order valence-corrected chi connectivity index (χ2v) is 5.95. The first-order valence-corrected chi connectivity index (χ1v) is 6.71. The van der Waals surface area contributed by atoms with E-state index in [4.69, 9.17) is 0 Å². The van der Waals surface area contributed by atoms with E-state index in [1.165, 1.54) is 11.1 Å². The SMILES string of the molecule is CC(C)NCC(C)(O)CN1Cc2ccccc2C1. The van der Waals surface area contributed by atoms with Gasteiger partial charge in [-0.25, -0.2) is 0 Å². The van der Waals surface area contributed by atoms with Crippen molar-refractivity contribution in [1.29, 1.82) is 0 Å². The summed E-state index contributed by atoms with van der Waals surface area (Å²) in [7, 11) is 0. The molecule has 0 amide bonds. The van der Waals surface area contributed by atoms with E-state index in [1.54, 1.807) is 0 Å². The van der Waals surface area contributed by atoms with Crippen LogP contribution in [-0.2, 0) is 13.1 Å². The Bertz CT molecular complexity index is 376. The standard InChI is InChI=1S/C15H24N2O/c1-12(2)16-10-15(3,18)11-17-8-13-6-4-5-7-14(13)9-17/h4-7,12,16,18H,8-11H2,1-3H3. The molecular weight excluding hydrogens is 224 g/mol. The summed E-state index contributed by atoms with van der Waals surface area (Å²) in [5.41, 5.74) is 2.11. The molecule has 3 heteroatoms. The Labute approximate surface area is 110 Å². The molecule has 1 atom stereocenters. The van der Waals surface area contributed by atoms with Crippen LogP contribution >= 0.6 is 0 Å². The van der Waals surface area contributed by atoms with E-state index in [9.17, 15) is 5.11 Å². The highest BCUT2D eigenvalue weighted by molar-refractivity contribution is 5.30. The number of β-amino-alcohol motifs (C(OH)–C–C–N with tert-alkyl or cyclic N) is 1. The molecule has 0 radical (unpaired) electrons. The molecule has 0 saturated heterocycles. The molecule has 0 fully saturated rings. The van der Waals surface area contributed by atoms with Gasteiger partial charge in [0.15, 0.2) is 0 Å². The molecule has 3 nitrogen and oxygen atoms in total. The van der Waals surface area contributed by atoms with E-state index >= 15 is 0 Å². The van der Waals surface area contributed by atoms with Crippen LogP contribution in [-0.4, -0.2) is 34.7 Å². The van der Waals surface area contributed by atoms with E-state index in [1.807, 2.05) is 6.92 Å². The molecule has 1 aliphatic heterocycles. The monoisotopic (exact) mass is 248 g/mol. The Hall–Kier alpha value is -0.900. The normalized spacial score (nSPS) is 18.9. The number of aliphatic hydroxyl groups is 1. The molecule has 0 aromatic heterocycles. The molecule has 0 saturated carbocycles. The van der Waals surface area contributed by atoms with Crippen molar-refractivity contribution >= 4 is 0 Å². The smallest absolute Gasteiger partial charge is 0.0870 e. The van der Waals surface area contributed by atoms with Gasteiger partial charge in [0.25, 0.3) is 0 Å². The highest BCUT2D eigenvalue weighted by Crippen LogP contribution is 2.23. The molecule has 2 N–H and O–H groups in total. The fraction of sp³-hybridized carbons (Fsp3) is 0.600. The summed E-state index contributed by atoms with van der Waals surface area (Å²) in [5.74, 6) is 0. The Morgan fingerprint density at radius 1 is 1.28 bits per heavy atom. The van der Waals surface area contributed by atoms with Crippen LogP contribution in [0.25, 0.3) is 0 Å². The number of nitrogens with one attached hydrogen (secondary N) is 1. The molecule has 2 rings (SSSR count). The number of rotatable bonds is 5. The minimum absolute atomic E-state index is 0.409. The molecule has 1 aromatic rings. The van der Waals surface area contributed by atoms with Crippen molar-refractivity contribution in [3.63, 3.8) is 0 Å². The van der Waals surface area contributed by atoms with Crippen molar-refractivity contribution in [2.24, 2.45) is 0 Å². The van der Waals surface area contributed by atoms with Gasteiger partial charge in [-0.05, 0) is 18.1 Å². The first-order chi connectivity index (χ1) is 8.46. The molecule has 0 aliphatic carbocycles. The van der Waals surface area contributed by atoms with Crippen molar-refractivity contribution in [3.8, 4) is 0 Å². The summed E-state index contributed by atoms with van der Waals surface area (Å²) in [4.78, 5) is 2.31. The van der Waals surface area contributed by atoms with Gasteiger partial charge < -0.3 is 10.4 Å². The van der Waals surface area contributed by atoms with Crippen molar-refractivity contribution in [3.05, 3.63) is 35.4 Å². The van der Waals surface area contributed by atoms with Crippen molar-refractivity contribution in [2.75, 3.05) is 13.1 Å². The summed E-state index contributed by atoms with van der Waals surface area (Å²) in [5, 5.41) is 13.7. The summed E-state index contributed by atoms with van der Waals surface area (Å²) in [6.07, 6.45) is 0. The van der Waals surface area contributed by atoms with E-state index < -0.39 is 5.60 Å². The number of hydrogen-bond donors (Lipinski definition) is 2. The number of fused-ring (bicyclic) bond motifs is 1. The van der Waals surface area contributed by atoms with Gasteiger partial charge >= 0.3 is 0 Å². The van der Waals surface area contributed by atoms with Gasteiger partial charge in [0.1, 0.15) is 0 Å². The molecule has 1 aliphatic rings. The van der Waals surface area contributed by atoms with Crippen molar-refractivity contribution < 1.29 is 5.11 Å². The van der Waals surface area contributed by atoms with Gasteiger partial charge in [0.2, 0.25) is 0 Å². The van der Waals surface area contributed by atoms with Crippen molar-refractivity contribution in [1.82, 2.24) is 10.2 Å². The quantitative estimate of drug-likeness (QED) is 0.833. The zero-order valence-corrected chi connectivity index (χ0v) is 11.6. The van der Waals surface area contributed by atoms with Crippen LogP contribution in [0.2, 0.25) is 0 Å². The summed E-state index contributed by atoms with van der Waals surface area (Å²) >= 11 is 0. The molecular formula is C15H24N2O. The predicted octanol–water partition coefficient (Wildman–Crippen LogP) is 1.75. The Morgan fingerprint density at radius 2 is 1.83 bits per heavy atom. The lowest BCUT2D eigenvalue weighted by atomic mass is 10.1. The second kappa shape index (κ2) is 5.39. The highest BCUT2D eigenvalue weighted by Gasteiger charge is 2.27. The molecule has 100 valence electrons. The van der Waals surface area contributed by atoms with E-state index in [0.29, 0.717) is 19.1 Å². The van der Waals surface area contributed by atoms with Gasteiger partial charge in [0.05, 0.1) is 5.60 Å². The third-order valence-corrected chi connectivity index (χ3v) is 3.36. The van der Waals surface area contributed by atoms with Gasteiger partial charge in [-0.1, -0.05) is 38.1 Å². The van der Waals surface area contributed by atoms with E-state index in [-0.39, 0.29) is 0 Å². The molecule has 0 bridgehead atoms. The number of hydrogen-bond acceptors (Lipinski definition) is 3. The van der Waals surface area contributed by atoms with Crippen LogP contribution in [0, 0.1) is 0 Å². The highest BCUT2D eigenvalue weighted by atomic mass is 16.3. The maximum absolute atomic E-state index is 10.4. The predicted molar refractivity (Wildman–Crippen MR) is 74.3 cm³/mol. The lowest BCUT2D eigenvalue weighted by molar-refractivity contribution is 0.0174. The topological polar surface area (TPSA) is 35.5 Å². The fourth-order valence-corrected chi connectivity index (χ4v) is 2.48. The average molecular weight is 248 g/mol. The van der Waals surface area contributed by atoms with E-state index in [0.717, 1.165) is 13.1 Å². The Kier molecular flexibility index (Phi) is 4.05. The zero-order chi connectivity index (χ0) is 13.2. The zero-order valence-electron chi connectivity index (χ0n) is 11.6. The van der Waals surface area contributed by atoms with Gasteiger partial charge in [-0.3, -0.25) is 4.90 Å². The van der Waals surface area contributed by atoms with Gasteiger partial charge in [0, 0.05) is 32.2 Å². The largest absolute Gasteiger partial charge is 0.388 e. The third kappa shape index (κ3) is 3.55. The van der Waals surface area contributed by atoms with Crippen LogP contribution in [0.5, 0.6) is 0 Å². The maximum Gasteiger partial charge on any atom is 0.0870 e. The first kappa shape index (κ1) is 13.5. The lowest BCUT2D eigenvalue weighted by Gasteiger charge is -2.29.